The Labute approximate surface area is 213 Å². The summed E-state index contributed by atoms with van der Waals surface area (Å²) >= 11 is 14.0. The van der Waals surface area contributed by atoms with E-state index in [1.807, 2.05) is 41.1 Å². The Morgan fingerprint density at radius 3 is 1.97 bits per heavy atom. The highest BCUT2D eigenvalue weighted by atomic mass is 35.5. The maximum absolute atomic E-state index is 7.00. The van der Waals surface area contributed by atoms with Crippen molar-refractivity contribution in [3.8, 4) is 5.69 Å². The number of hydrogen-bond acceptors (Lipinski definition) is 2. The lowest BCUT2D eigenvalue weighted by molar-refractivity contribution is 0.321. The molecule has 0 aliphatic rings. The summed E-state index contributed by atoms with van der Waals surface area (Å²) in [5, 5.41) is 3.76. The molecule has 4 aromatic rings. The molecular weight excluding hydrogens is 479 g/mol. The number of hydrogen-bond donors (Lipinski definition) is 1. The molecule has 1 aromatic heterocycles. The molecule has 0 unspecified atom stereocenters. The normalized spacial score (nSPS) is 11.9. The molecule has 0 aliphatic carbocycles. The van der Waals surface area contributed by atoms with Crippen LogP contribution in [-0.2, 0) is 23.0 Å². The first-order valence-corrected chi connectivity index (χ1v) is 13.8. The van der Waals surface area contributed by atoms with E-state index in [0.717, 1.165) is 22.5 Å². The minimum atomic E-state index is -1.92. The van der Waals surface area contributed by atoms with E-state index in [0.29, 0.717) is 23.2 Å². The van der Waals surface area contributed by atoms with E-state index in [2.05, 4.69) is 69.3 Å². The van der Waals surface area contributed by atoms with Gasteiger partial charge in [0.05, 0.1) is 22.3 Å². The van der Waals surface area contributed by atoms with E-state index < -0.39 is 9.04 Å². The van der Waals surface area contributed by atoms with Gasteiger partial charge in [0.2, 0.25) is 9.04 Å². The molecule has 2 N–H and O–H groups in total. The van der Waals surface area contributed by atoms with Crippen LogP contribution >= 0.6 is 23.2 Å². The van der Waals surface area contributed by atoms with Crippen LogP contribution in [0.3, 0.4) is 0 Å². The molecule has 1 heterocycles. The van der Waals surface area contributed by atoms with Gasteiger partial charge >= 0.3 is 0 Å². The molecule has 34 heavy (non-hydrogen) atoms. The second kappa shape index (κ2) is 10.5. The van der Waals surface area contributed by atoms with Crippen molar-refractivity contribution in [1.29, 1.82) is 0 Å². The van der Waals surface area contributed by atoms with Gasteiger partial charge in [0.25, 0.3) is 0 Å². The summed E-state index contributed by atoms with van der Waals surface area (Å²) in [7, 11) is -1.92. The van der Waals surface area contributed by atoms with Crippen LogP contribution in [0.1, 0.15) is 37.6 Å². The molecular formula is C28H30Cl2N2OSi. The molecule has 0 saturated carbocycles. The predicted octanol–water partition coefficient (Wildman–Crippen LogP) is 5.60. The first-order valence-electron chi connectivity index (χ1n) is 11.4. The van der Waals surface area contributed by atoms with Gasteiger partial charge < -0.3 is 14.7 Å². The minimum Gasteiger partial charge on any atom is -0.407 e. The molecule has 6 heteroatoms. The van der Waals surface area contributed by atoms with Crippen LogP contribution < -0.4 is 16.1 Å². The minimum absolute atomic E-state index is 0.245. The highest BCUT2D eigenvalue weighted by Gasteiger charge is 2.27. The third kappa shape index (κ3) is 5.17. The average Bonchev–Trinajstić information content (AvgIpc) is 3.30. The molecule has 0 spiro atoms. The van der Waals surface area contributed by atoms with Crippen molar-refractivity contribution >= 4 is 42.6 Å². The third-order valence-corrected chi connectivity index (χ3v) is 9.21. The standard InChI is InChI=1S/C28H30Cl2N2OSi/c1-28(2,3)25-26(29)20(17-24(27(25)30)32-16-10-11-21(32)18-31)19-33-34(22-12-6-4-7-13-22)23-14-8-5-9-15-23/h4-17,34H,18-19,31H2,1-3H3. The van der Waals surface area contributed by atoms with Gasteiger partial charge in [0.15, 0.2) is 0 Å². The van der Waals surface area contributed by atoms with Gasteiger partial charge in [-0.15, -0.1) is 0 Å². The van der Waals surface area contributed by atoms with Gasteiger partial charge in [-0.2, -0.15) is 0 Å². The summed E-state index contributed by atoms with van der Waals surface area (Å²) < 4.78 is 8.74. The van der Waals surface area contributed by atoms with E-state index in [-0.39, 0.29) is 5.41 Å². The summed E-state index contributed by atoms with van der Waals surface area (Å²) in [6.45, 7) is 7.18. The van der Waals surface area contributed by atoms with Crippen molar-refractivity contribution < 1.29 is 4.43 Å². The Morgan fingerprint density at radius 2 is 1.44 bits per heavy atom. The first-order chi connectivity index (χ1) is 16.3. The van der Waals surface area contributed by atoms with Crippen LogP contribution in [0.15, 0.2) is 85.1 Å². The smallest absolute Gasteiger partial charge is 0.240 e. The van der Waals surface area contributed by atoms with Crippen molar-refractivity contribution in [2.24, 2.45) is 5.73 Å². The fraction of sp³-hybridized carbons (Fsp3) is 0.214. The van der Waals surface area contributed by atoms with Crippen molar-refractivity contribution in [2.45, 2.75) is 39.3 Å². The predicted molar refractivity (Wildman–Crippen MR) is 146 cm³/mol. The number of nitrogens with zero attached hydrogens (tertiary/aromatic N) is 1. The van der Waals surface area contributed by atoms with Crippen molar-refractivity contribution in [3.63, 3.8) is 0 Å². The topological polar surface area (TPSA) is 40.2 Å². The van der Waals surface area contributed by atoms with Gasteiger partial charge in [-0.25, -0.2) is 0 Å². The van der Waals surface area contributed by atoms with E-state index in [9.17, 15) is 0 Å². The van der Waals surface area contributed by atoms with Gasteiger partial charge in [0, 0.05) is 18.4 Å². The molecule has 0 fully saturated rings. The molecule has 4 rings (SSSR count). The Bertz CT molecular complexity index is 1210. The van der Waals surface area contributed by atoms with E-state index in [4.69, 9.17) is 33.4 Å². The lowest BCUT2D eigenvalue weighted by atomic mass is 9.85. The molecule has 0 aliphatic heterocycles. The van der Waals surface area contributed by atoms with Crippen LogP contribution in [0, 0.1) is 0 Å². The van der Waals surface area contributed by atoms with Crippen LogP contribution in [-0.4, -0.2) is 13.6 Å². The molecule has 0 saturated heterocycles. The molecule has 0 bridgehead atoms. The first kappa shape index (κ1) is 24.8. The van der Waals surface area contributed by atoms with Gasteiger partial charge in [-0.05, 0) is 45.1 Å². The van der Waals surface area contributed by atoms with Crippen LogP contribution in [0.25, 0.3) is 5.69 Å². The number of benzene rings is 3. The second-order valence-corrected chi connectivity index (χ2v) is 12.6. The average molecular weight is 510 g/mol. The summed E-state index contributed by atoms with van der Waals surface area (Å²) in [5.41, 5.74) is 9.44. The maximum Gasteiger partial charge on any atom is 0.240 e. The zero-order valence-electron chi connectivity index (χ0n) is 19.8. The molecule has 0 amide bonds. The van der Waals surface area contributed by atoms with Crippen molar-refractivity contribution in [1.82, 2.24) is 4.57 Å². The van der Waals surface area contributed by atoms with Crippen molar-refractivity contribution in [2.75, 3.05) is 0 Å². The van der Waals surface area contributed by atoms with Crippen LogP contribution in [0.4, 0.5) is 0 Å². The lowest BCUT2D eigenvalue weighted by Gasteiger charge is -2.27. The van der Waals surface area contributed by atoms with Gasteiger partial charge in [0.1, 0.15) is 0 Å². The lowest BCUT2D eigenvalue weighted by Crippen LogP contribution is -2.44. The van der Waals surface area contributed by atoms with E-state index in [1.54, 1.807) is 0 Å². The molecule has 0 atom stereocenters. The molecule has 3 aromatic carbocycles. The second-order valence-electron chi connectivity index (χ2n) is 9.39. The Balaban J connectivity index is 1.78. The number of halogens is 2. The highest BCUT2D eigenvalue weighted by Crippen LogP contribution is 2.41. The number of rotatable bonds is 7. The van der Waals surface area contributed by atoms with Gasteiger partial charge in [-0.1, -0.05) is 105 Å². The Morgan fingerprint density at radius 1 is 0.853 bits per heavy atom. The maximum atomic E-state index is 7.00. The SMILES string of the molecule is CC(C)(C)c1c(Cl)c(CO[SiH](c2ccccc2)c2ccccc2)cc(-n2cccc2CN)c1Cl. The summed E-state index contributed by atoms with van der Waals surface area (Å²) in [5.74, 6) is 0. The fourth-order valence-electron chi connectivity index (χ4n) is 4.25. The summed E-state index contributed by atoms with van der Waals surface area (Å²) in [6.07, 6.45) is 1.99. The molecule has 0 radical (unpaired) electrons. The highest BCUT2D eigenvalue weighted by molar-refractivity contribution is 6.80. The zero-order valence-corrected chi connectivity index (χ0v) is 22.4. The Kier molecular flexibility index (Phi) is 7.66. The molecule has 176 valence electrons. The van der Waals surface area contributed by atoms with E-state index >= 15 is 0 Å². The summed E-state index contributed by atoms with van der Waals surface area (Å²) in [4.78, 5) is 0. The third-order valence-electron chi connectivity index (χ3n) is 5.92. The largest absolute Gasteiger partial charge is 0.407 e. The number of nitrogens with two attached hydrogens (primary N) is 1. The quantitative estimate of drug-likeness (QED) is 0.330. The van der Waals surface area contributed by atoms with Crippen molar-refractivity contribution in [3.05, 3.63) is 112 Å². The fourth-order valence-corrected chi connectivity index (χ4v) is 7.57. The zero-order chi connectivity index (χ0) is 24.3. The van der Waals surface area contributed by atoms with Crippen LogP contribution in [0.2, 0.25) is 10.0 Å². The molecule has 3 nitrogen and oxygen atoms in total. The summed E-state index contributed by atoms with van der Waals surface area (Å²) in [6, 6.07) is 26.9. The Hall–Kier alpha value is -2.34. The number of aromatic nitrogens is 1. The monoisotopic (exact) mass is 508 g/mol. The van der Waals surface area contributed by atoms with Crippen LogP contribution in [0.5, 0.6) is 0 Å². The van der Waals surface area contributed by atoms with E-state index in [1.165, 1.54) is 10.4 Å². The van der Waals surface area contributed by atoms with Gasteiger partial charge in [-0.3, -0.25) is 0 Å².